The molecule has 0 aliphatic carbocycles. The summed E-state index contributed by atoms with van der Waals surface area (Å²) in [4.78, 5) is 11.3. The first-order valence-corrected chi connectivity index (χ1v) is 8.82. The van der Waals surface area contributed by atoms with Crippen LogP contribution < -0.4 is 10.5 Å². The van der Waals surface area contributed by atoms with Crippen LogP contribution in [0.25, 0.3) is 0 Å². The molecule has 1 atom stereocenters. The topological polar surface area (TPSA) is 98.5 Å². The Hall–Kier alpha value is -1.15. The quantitative estimate of drug-likeness (QED) is 0.699. The van der Waals surface area contributed by atoms with Crippen molar-refractivity contribution in [1.82, 2.24) is 4.72 Å². The van der Waals surface area contributed by atoms with Gasteiger partial charge in [0.15, 0.2) is 0 Å². The largest absolute Gasteiger partial charge is 0.465 e. The fourth-order valence-electron chi connectivity index (χ4n) is 1.92. The second kappa shape index (κ2) is 8.47. The highest BCUT2D eigenvalue weighted by atomic mass is 35.5. The van der Waals surface area contributed by atoms with Crippen molar-refractivity contribution in [3.8, 4) is 0 Å². The van der Waals surface area contributed by atoms with Gasteiger partial charge in [-0.1, -0.05) is 31.4 Å². The maximum atomic E-state index is 12.4. The third-order valence-corrected chi connectivity index (χ3v) is 5.16. The second-order valence-corrected chi connectivity index (χ2v) is 6.92. The van der Waals surface area contributed by atoms with E-state index in [2.05, 4.69) is 9.46 Å². The molecule has 1 aromatic carbocycles. The van der Waals surface area contributed by atoms with E-state index in [0.717, 1.165) is 12.8 Å². The highest BCUT2D eigenvalue weighted by Crippen LogP contribution is 2.23. The maximum absolute atomic E-state index is 12.4. The molecule has 1 rings (SSSR count). The summed E-state index contributed by atoms with van der Waals surface area (Å²) in [6, 6.07) is 3.56. The van der Waals surface area contributed by atoms with Crippen molar-refractivity contribution in [2.24, 2.45) is 5.73 Å². The predicted octanol–water partition coefficient (Wildman–Crippen LogP) is 1.92. The van der Waals surface area contributed by atoms with Gasteiger partial charge in [0.2, 0.25) is 10.0 Å². The summed E-state index contributed by atoms with van der Waals surface area (Å²) < 4.78 is 31.8. The number of halogens is 1. The molecule has 0 aromatic heterocycles. The fraction of sp³-hybridized carbons (Fsp3) is 0.500. The lowest BCUT2D eigenvalue weighted by atomic mass is 10.1. The molecule has 0 aliphatic rings. The van der Waals surface area contributed by atoms with Gasteiger partial charge in [-0.25, -0.2) is 17.9 Å². The number of esters is 1. The van der Waals surface area contributed by atoms with E-state index in [0.29, 0.717) is 6.42 Å². The van der Waals surface area contributed by atoms with Crippen molar-refractivity contribution in [2.75, 3.05) is 13.7 Å². The molecule has 0 saturated carbocycles. The molecule has 0 aliphatic heterocycles. The van der Waals surface area contributed by atoms with E-state index in [9.17, 15) is 13.2 Å². The normalized spacial score (nSPS) is 12.9. The minimum Gasteiger partial charge on any atom is -0.465 e. The van der Waals surface area contributed by atoms with Crippen LogP contribution in [0.5, 0.6) is 0 Å². The third kappa shape index (κ3) is 4.95. The molecule has 6 nitrogen and oxygen atoms in total. The van der Waals surface area contributed by atoms with Gasteiger partial charge in [0.1, 0.15) is 4.90 Å². The van der Waals surface area contributed by atoms with E-state index >= 15 is 0 Å². The fourth-order valence-corrected chi connectivity index (χ4v) is 3.75. The molecule has 1 unspecified atom stereocenters. The summed E-state index contributed by atoms with van der Waals surface area (Å²) in [5.41, 5.74) is 5.79. The van der Waals surface area contributed by atoms with E-state index < -0.39 is 16.0 Å². The van der Waals surface area contributed by atoms with E-state index in [1.54, 1.807) is 0 Å². The Morgan fingerprint density at radius 2 is 2.14 bits per heavy atom. The number of rotatable bonds is 8. The molecule has 0 fully saturated rings. The summed E-state index contributed by atoms with van der Waals surface area (Å²) in [5, 5.41) is -0.0401. The lowest BCUT2D eigenvalue weighted by Gasteiger charge is -2.17. The van der Waals surface area contributed by atoms with Gasteiger partial charge >= 0.3 is 5.97 Å². The summed E-state index contributed by atoms with van der Waals surface area (Å²) in [5.74, 6) is -0.582. The second-order valence-electron chi connectivity index (χ2n) is 4.83. The Kier molecular flexibility index (Phi) is 7.28. The average Bonchev–Trinajstić information content (AvgIpc) is 2.50. The van der Waals surface area contributed by atoms with Crippen LogP contribution >= 0.6 is 11.6 Å². The monoisotopic (exact) mass is 348 g/mol. The molecule has 0 saturated heterocycles. The molecular formula is C14H21ClN2O4S. The number of ether oxygens (including phenoxy) is 1. The van der Waals surface area contributed by atoms with E-state index in [4.69, 9.17) is 17.3 Å². The molecule has 124 valence electrons. The molecular weight excluding hydrogens is 328 g/mol. The van der Waals surface area contributed by atoms with Crippen molar-refractivity contribution in [1.29, 1.82) is 0 Å². The Morgan fingerprint density at radius 3 is 2.64 bits per heavy atom. The van der Waals surface area contributed by atoms with Gasteiger partial charge in [-0.15, -0.1) is 0 Å². The minimum atomic E-state index is -3.80. The number of hydrogen-bond acceptors (Lipinski definition) is 5. The highest BCUT2D eigenvalue weighted by molar-refractivity contribution is 7.89. The van der Waals surface area contributed by atoms with Crippen LogP contribution in [-0.4, -0.2) is 34.1 Å². The van der Waals surface area contributed by atoms with Crippen LogP contribution in [0.2, 0.25) is 5.02 Å². The van der Waals surface area contributed by atoms with Gasteiger partial charge < -0.3 is 10.5 Å². The number of carbonyl (C=O) groups excluding carboxylic acids is 1. The number of hydrogen-bond donors (Lipinski definition) is 2. The number of nitrogens with two attached hydrogens (primary N) is 1. The van der Waals surface area contributed by atoms with Gasteiger partial charge in [0, 0.05) is 12.6 Å². The Bertz CT molecular complexity index is 619. The van der Waals surface area contributed by atoms with Crippen LogP contribution in [0.3, 0.4) is 0 Å². The molecule has 0 radical (unpaired) electrons. The third-order valence-electron chi connectivity index (χ3n) is 3.15. The highest BCUT2D eigenvalue weighted by Gasteiger charge is 2.22. The first kappa shape index (κ1) is 18.9. The van der Waals surface area contributed by atoms with Crippen molar-refractivity contribution >= 4 is 27.6 Å². The number of carbonyl (C=O) groups is 1. The molecule has 0 spiro atoms. The van der Waals surface area contributed by atoms with Crippen LogP contribution in [-0.2, 0) is 14.8 Å². The van der Waals surface area contributed by atoms with Gasteiger partial charge in [-0.05, 0) is 24.6 Å². The zero-order valence-corrected chi connectivity index (χ0v) is 14.2. The summed E-state index contributed by atoms with van der Waals surface area (Å²) in [6.07, 6.45) is 2.48. The number of unbranched alkanes of at least 4 members (excludes halogenated alkanes) is 1. The molecule has 0 bridgehead atoms. The van der Waals surface area contributed by atoms with E-state index in [-0.39, 0.29) is 28.1 Å². The Morgan fingerprint density at radius 1 is 1.45 bits per heavy atom. The summed E-state index contributed by atoms with van der Waals surface area (Å²) in [6.45, 7) is 2.22. The first-order valence-electron chi connectivity index (χ1n) is 6.96. The number of benzene rings is 1. The standard InChI is InChI=1S/C14H21ClN2O4S/c1-3-4-5-11(9-16)17-22(19,20)13-7-6-10(8-12(13)15)14(18)21-2/h6-8,11,17H,3-5,9,16H2,1-2H3. The van der Waals surface area contributed by atoms with Gasteiger partial charge in [0.05, 0.1) is 17.7 Å². The van der Waals surface area contributed by atoms with Gasteiger partial charge in [-0.3, -0.25) is 0 Å². The SMILES string of the molecule is CCCCC(CN)NS(=O)(=O)c1ccc(C(=O)OC)cc1Cl. The molecule has 0 heterocycles. The molecule has 8 heteroatoms. The van der Waals surface area contributed by atoms with Gasteiger partial charge in [0.25, 0.3) is 0 Å². The van der Waals surface area contributed by atoms with E-state index in [1.807, 2.05) is 6.92 Å². The van der Waals surface area contributed by atoms with Crippen molar-refractivity contribution in [2.45, 2.75) is 37.1 Å². The lowest BCUT2D eigenvalue weighted by molar-refractivity contribution is 0.0600. The summed E-state index contributed by atoms with van der Waals surface area (Å²) >= 11 is 5.99. The zero-order valence-electron chi connectivity index (χ0n) is 12.6. The van der Waals surface area contributed by atoms with E-state index in [1.165, 1.54) is 25.3 Å². The summed E-state index contributed by atoms with van der Waals surface area (Å²) in [7, 11) is -2.56. The van der Waals surface area contributed by atoms with Gasteiger partial charge in [-0.2, -0.15) is 0 Å². The van der Waals surface area contributed by atoms with Crippen LogP contribution in [0, 0.1) is 0 Å². The van der Waals surface area contributed by atoms with Crippen molar-refractivity contribution in [3.05, 3.63) is 28.8 Å². The molecule has 3 N–H and O–H groups in total. The minimum absolute atomic E-state index is 0.0401. The van der Waals surface area contributed by atoms with Crippen molar-refractivity contribution < 1.29 is 17.9 Å². The first-order chi connectivity index (χ1) is 10.4. The maximum Gasteiger partial charge on any atom is 0.337 e. The molecule has 1 aromatic rings. The lowest BCUT2D eigenvalue weighted by Crippen LogP contribution is -2.40. The molecule has 0 amide bonds. The average molecular weight is 349 g/mol. The molecule has 22 heavy (non-hydrogen) atoms. The number of methoxy groups -OCH3 is 1. The number of sulfonamides is 1. The smallest absolute Gasteiger partial charge is 0.337 e. The van der Waals surface area contributed by atoms with Crippen LogP contribution in [0.4, 0.5) is 0 Å². The van der Waals surface area contributed by atoms with Crippen LogP contribution in [0.1, 0.15) is 36.5 Å². The predicted molar refractivity (Wildman–Crippen MR) is 85.5 cm³/mol. The Labute approximate surface area is 136 Å². The van der Waals surface area contributed by atoms with Crippen LogP contribution in [0.15, 0.2) is 23.1 Å². The van der Waals surface area contributed by atoms with Crippen molar-refractivity contribution in [3.63, 3.8) is 0 Å². The zero-order chi connectivity index (χ0) is 16.8. The number of nitrogens with one attached hydrogen (secondary N) is 1. The Balaban J connectivity index is 3.00.